The van der Waals surface area contributed by atoms with Crippen LogP contribution < -0.4 is 10.1 Å². The van der Waals surface area contributed by atoms with Crippen LogP contribution in [-0.4, -0.2) is 13.7 Å². The molecule has 1 atom stereocenters. The molecule has 0 fully saturated rings. The van der Waals surface area contributed by atoms with Crippen molar-refractivity contribution in [2.75, 3.05) is 13.7 Å². The van der Waals surface area contributed by atoms with Gasteiger partial charge in [-0.2, -0.15) is 0 Å². The molecule has 1 heterocycles. The van der Waals surface area contributed by atoms with Crippen LogP contribution in [0.1, 0.15) is 23.4 Å². The molecule has 0 spiro atoms. The van der Waals surface area contributed by atoms with Gasteiger partial charge in [-0.05, 0) is 59.1 Å². The summed E-state index contributed by atoms with van der Waals surface area (Å²) in [6.45, 7) is 3.16. The fourth-order valence-corrected chi connectivity index (χ4v) is 3.41. The molecule has 1 N–H and O–H groups in total. The fraction of sp³-hybridized carbons (Fsp3) is 0.333. The van der Waals surface area contributed by atoms with Crippen molar-refractivity contribution in [1.29, 1.82) is 0 Å². The number of nitrogens with one attached hydrogen (secondary N) is 1. The lowest BCUT2D eigenvalue weighted by molar-refractivity contribution is 0.413. The van der Waals surface area contributed by atoms with Crippen molar-refractivity contribution >= 4 is 27.3 Å². The van der Waals surface area contributed by atoms with E-state index in [1.807, 2.05) is 12.1 Å². The Bertz CT molecular complexity index is 526. The molecule has 2 nitrogen and oxygen atoms in total. The number of hydrogen-bond acceptors (Lipinski definition) is 3. The number of methoxy groups -OCH3 is 1. The van der Waals surface area contributed by atoms with E-state index in [2.05, 4.69) is 52.4 Å². The van der Waals surface area contributed by atoms with Gasteiger partial charge in [0.25, 0.3) is 0 Å². The number of halogens is 1. The van der Waals surface area contributed by atoms with Gasteiger partial charge < -0.3 is 10.1 Å². The van der Waals surface area contributed by atoms with Crippen molar-refractivity contribution in [3.63, 3.8) is 0 Å². The zero-order valence-electron chi connectivity index (χ0n) is 11.2. The molecule has 0 saturated carbocycles. The zero-order valence-corrected chi connectivity index (χ0v) is 13.6. The van der Waals surface area contributed by atoms with Crippen LogP contribution in [0.4, 0.5) is 0 Å². The van der Waals surface area contributed by atoms with E-state index in [9.17, 15) is 0 Å². The van der Waals surface area contributed by atoms with Crippen molar-refractivity contribution in [1.82, 2.24) is 5.32 Å². The summed E-state index contributed by atoms with van der Waals surface area (Å²) in [6, 6.07) is 12.8. The molecule has 0 aliphatic heterocycles. The largest absolute Gasteiger partial charge is 0.497 e. The molecular formula is C15H18BrNOS. The SMILES string of the molecule is COc1cccc(C(C)NCCc2ccc(Br)s2)c1. The van der Waals surface area contributed by atoms with E-state index in [0.29, 0.717) is 6.04 Å². The Labute approximate surface area is 126 Å². The standard InChI is InChI=1S/C15H18BrNOS/c1-11(12-4-3-5-13(10-12)18-2)17-9-8-14-6-7-15(16)19-14/h3-7,10-11,17H,8-9H2,1-2H3. The lowest BCUT2D eigenvalue weighted by Gasteiger charge is -2.14. The first kappa shape index (κ1) is 14.6. The smallest absolute Gasteiger partial charge is 0.119 e. The van der Waals surface area contributed by atoms with Crippen LogP contribution in [0.3, 0.4) is 0 Å². The summed E-state index contributed by atoms with van der Waals surface area (Å²) in [5, 5.41) is 3.54. The van der Waals surface area contributed by atoms with Crippen LogP contribution in [0.2, 0.25) is 0 Å². The Hall–Kier alpha value is -0.840. The summed E-state index contributed by atoms with van der Waals surface area (Å²) in [6.07, 6.45) is 1.06. The number of ether oxygens (including phenoxy) is 1. The topological polar surface area (TPSA) is 21.3 Å². The lowest BCUT2D eigenvalue weighted by Crippen LogP contribution is -2.21. The second-order valence-corrected chi connectivity index (χ2v) is 6.96. The molecule has 19 heavy (non-hydrogen) atoms. The molecule has 4 heteroatoms. The van der Waals surface area contributed by atoms with Crippen molar-refractivity contribution in [2.45, 2.75) is 19.4 Å². The van der Waals surface area contributed by atoms with Crippen molar-refractivity contribution in [3.8, 4) is 5.75 Å². The first-order chi connectivity index (χ1) is 9.19. The summed E-state index contributed by atoms with van der Waals surface area (Å²) in [4.78, 5) is 1.40. The first-order valence-electron chi connectivity index (χ1n) is 6.30. The zero-order chi connectivity index (χ0) is 13.7. The Morgan fingerprint density at radius 2 is 2.16 bits per heavy atom. The molecule has 0 amide bonds. The van der Waals surface area contributed by atoms with E-state index in [0.717, 1.165) is 18.7 Å². The van der Waals surface area contributed by atoms with E-state index in [1.54, 1.807) is 18.4 Å². The molecule has 0 radical (unpaired) electrons. The van der Waals surface area contributed by atoms with Crippen molar-refractivity contribution in [2.24, 2.45) is 0 Å². The molecule has 0 aliphatic carbocycles. The third kappa shape index (κ3) is 4.34. The summed E-state index contributed by atoms with van der Waals surface area (Å²) in [5.41, 5.74) is 1.26. The summed E-state index contributed by atoms with van der Waals surface area (Å²) in [5.74, 6) is 0.910. The van der Waals surface area contributed by atoms with Crippen LogP contribution in [0.15, 0.2) is 40.2 Å². The number of hydrogen-bond donors (Lipinski definition) is 1. The van der Waals surface area contributed by atoms with Gasteiger partial charge in [0.2, 0.25) is 0 Å². The summed E-state index contributed by atoms with van der Waals surface area (Å²) < 4.78 is 6.45. The highest BCUT2D eigenvalue weighted by Gasteiger charge is 2.06. The number of rotatable bonds is 6. The van der Waals surface area contributed by atoms with Gasteiger partial charge in [0.05, 0.1) is 10.9 Å². The van der Waals surface area contributed by atoms with Gasteiger partial charge in [-0.1, -0.05) is 12.1 Å². The Balaban J connectivity index is 1.85. The Morgan fingerprint density at radius 3 is 2.84 bits per heavy atom. The first-order valence-corrected chi connectivity index (χ1v) is 7.91. The second kappa shape index (κ2) is 7.08. The minimum Gasteiger partial charge on any atom is -0.497 e. The third-order valence-electron chi connectivity index (χ3n) is 3.04. The average Bonchev–Trinajstić information content (AvgIpc) is 2.84. The molecule has 0 saturated heterocycles. The van der Waals surface area contributed by atoms with E-state index in [4.69, 9.17) is 4.74 Å². The number of benzene rings is 1. The van der Waals surface area contributed by atoms with Gasteiger partial charge in [0.15, 0.2) is 0 Å². The highest BCUT2D eigenvalue weighted by molar-refractivity contribution is 9.11. The van der Waals surface area contributed by atoms with Crippen LogP contribution in [0.25, 0.3) is 0 Å². The van der Waals surface area contributed by atoms with Gasteiger partial charge in [-0.25, -0.2) is 0 Å². The summed E-state index contributed by atoms with van der Waals surface area (Å²) >= 11 is 5.29. The molecular weight excluding hydrogens is 322 g/mol. The Morgan fingerprint density at radius 1 is 1.32 bits per heavy atom. The molecule has 0 bridgehead atoms. The predicted molar refractivity (Wildman–Crippen MR) is 85.1 cm³/mol. The molecule has 1 aromatic heterocycles. The molecule has 102 valence electrons. The van der Waals surface area contributed by atoms with Gasteiger partial charge in [0, 0.05) is 17.5 Å². The van der Waals surface area contributed by atoms with E-state index >= 15 is 0 Å². The van der Waals surface area contributed by atoms with Gasteiger partial charge in [-0.3, -0.25) is 0 Å². The second-order valence-electron chi connectivity index (χ2n) is 4.41. The van der Waals surface area contributed by atoms with Crippen molar-refractivity contribution < 1.29 is 4.74 Å². The highest BCUT2D eigenvalue weighted by atomic mass is 79.9. The third-order valence-corrected chi connectivity index (χ3v) is 4.73. The van der Waals surface area contributed by atoms with E-state index in [-0.39, 0.29) is 0 Å². The average molecular weight is 340 g/mol. The van der Waals surface area contributed by atoms with Crippen LogP contribution in [-0.2, 0) is 6.42 Å². The maximum Gasteiger partial charge on any atom is 0.119 e. The monoisotopic (exact) mass is 339 g/mol. The summed E-state index contributed by atoms with van der Waals surface area (Å²) in [7, 11) is 1.70. The van der Waals surface area contributed by atoms with E-state index in [1.165, 1.54) is 14.2 Å². The maximum atomic E-state index is 5.25. The van der Waals surface area contributed by atoms with Crippen LogP contribution >= 0.6 is 27.3 Å². The van der Waals surface area contributed by atoms with Crippen LogP contribution in [0.5, 0.6) is 5.75 Å². The molecule has 2 rings (SSSR count). The van der Waals surface area contributed by atoms with Crippen molar-refractivity contribution in [3.05, 3.63) is 50.6 Å². The molecule has 1 aromatic carbocycles. The maximum absolute atomic E-state index is 5.25. The predicted octanol–water partition coefficient (Wildman–Crippen LogP) is 4.41. The lowest BCUT2D eigenvalue weighted by atomic mass is 10.1. The minimum absolute atomic E-state index is 0.332. The molecule has 2 aromatic rings. The number of thiophene rings is 1. The quantitative estimate of drug-likeness (QED) is 0.841. The van der Waals surface area contributed by atoms with Gasteiger partial charge in [-0.15, -0.1) is 11.3 Å². The normalized spacial score (nSPS) is 12.4. The fourth-order valence-electron chi connectivity index (χ4n) is 1.93. The van der Waals surface area contributed by atoms with Gasteiger partial charge >= 0.3 is 0 Å². The van der Waals surface area contributed by atoms with Gasteiger partial charge in [0.1, 0.15) is 5.75 Å². The molecule has 0 aliphatic rings. The minimum atomic E-state index is 0.332. The Kier molecular flexibility index (Phi) is 5.43. The molecule has 1 unspecified atom stereocenters. The highest BCUT2D eigenvalue weighted by Crippen LogP contribution is 2.22. The van der Waals surface area contributed by atoms with E-state index < -0.39 is 0 Å². The van der Waals surface area contributed by atoms with Crippen LogP contribution in [0, 0.1) is 0 Å².